The predicted molar refractivity (Wildman–Crippen MR) is 79.7 cm³/mol. The van der Waals surface area contributed by atoms with Gasteiger partial charge >= 0.3 is 19.1 Å². The Hall–Kier alpha value is -2.02. The summed E-state index contributed by atoms with van der Waals surface area (Å²) in [6.45, 7) is 0.0354. The van der Waals surface area contributed by atoms with Crippen LogP contribution < -0.4 is 21.4 Å². The number of nitrogens with one attached hydrogen (secondary N) is 1. The molecule has 1 aromatic rings. The minimum absolute atomic E-state index is 0.203. The highest BCUT2D eigenvalue weighted by atomic mass is 31.1. The first-order chi connectivity index (χ1) is 10.4. The van der Waals surface area contributed by atoms with Gasteiger partial charge in [0, 0.05) is 13.0 Å². The van der Waals surface area contributed by atoms with E-state index in [1.54, 1.807) is 24.3 Å². The number of hydrogen-bond donors (Lipinski definition) is 3. The topological polar surface area (TPSA) is 128 Å². The van der Waals surface area contributed by atoms with Crippen molar-refractivity contribution in [3.63, 3.8) is 0 Å². The first-order valence-corrected chi connectivity index (χ1v) is 7.99. The minimum atomic E-state index is -2.49. The number of carbonyl (C=O) groups is 2. The van der Waals surface area contributed by atoms with E-state index >= 15 is 0 Å². The van der Waals surface area contributed by atoms with E-state index in [2.05, 4.69) is 5.09 Å². The van der Waals surface area contributed by atoms with Gasteiger partial charge in [-0.3, -0.25) is 20.3 Å². The molecule has 9 heteroatoms. The summed E-state index contributed by atoms with van der Waals surface area (Å²) < 4.78 is 17.5. The van der Waals surface area contributed by atoms with Crippen molar-refractivity contribution < 1.29 is 18.9 Å². The molecule has 2 atom stereocenters. The maximum atomic E-state index is 12.2. The van der Waals surface area contributed by atoms with Crippen LogP contribution in [0.15, 0.2) is 30.3 Å². The average Bonchev–Trinajstić information content (AvgIpc) is 2.51. The Kier molecular flexibility index (Phi) is 5.07. The second-order valence-electron chi connectivity index (χ2n) is 4.96. The molecular formula is C13H18N4O4P+. The lowest BCUT2D eigenvalue weighted by Crippen LogP contribution is -2.60. The molecule has 1 aromatic carbocycles. The standard InChI is InChI=1S/C13H17N4O4P/c14-13(7-4-8-17(15)12(13)19)22(20)16-11(18)9-21-10-5-2-1-3-6-10/h1-3,5-6H,4,7-9,14-15H2/p+1/t13-/m0/s1. The van der Waals surface area contributed by atoms with Crippen LogP contribution in [0.1, 0.15) is 12.8 Å². The number of hydrazine groups is 1. The third-order valence-corrected chi connectivity index (χ3v) is 4.88. The molecule has 1 aliphatic heterocycles. The lowest BCUT2D eigenvalue weighted by molar-refractivity contribution is -0.136. The fraction of sp³-hybridized carbons (Fsp3) is 0.385. The third-order valence-electron chi connectivity index (χ3n) is 3.29. The molecule has 0 radical (unpaired) electrons. The molecule has 1 aliphatic rings. The molecule has 2 rings (SSSR count). The van der Waals surface area contributed by atoms with Crippen LogP contribution in [0.4, 0.5) is 0 Å². The van der Waals surface area contributed by atoms with Crippen molar-refractivity contribution in [3.8, 4) is 5.75 Å². The van der Waals surface area contributed by atoms with Gasteiger partial charge in [-0.2, -0.15) is 0 Å². The van der Waals surface area contributed by atoms with Crippen LogP contribution in [0.2, 0.25) is 0 Å². The summed E-state index contributed by atoms with van der Waals surface area (Å²) in [5.41, 5.74) is 5.88. The highest BCUT2D eigenvalue weighted by molar-refractivity contribution is 7.46. The van der Waals surface area contributed by atoms with Crippen LogP contribution in [0.3, 0.4) is 0 Å². The normalized spacial score (nSPS) is 22.2. The second-order valence-corrected chi connectivity index (χ2v) is 6.57. The van der Waals surface area contributed by atoms with Gasteiger partial charge in [0.15, 0.2) is 6.61 Å². The van der Waals surface area contributed by atoms with Crippen LogP contribution in [0, 0.1) is 0 Å². The van der Waals surface area contributed by atoms with Gasteiger partial charge in [0.05, 0.1) is 0 Å². The highest BCUT2D eigenvalue weighted by Gasteiger charge is 2.57. The van der Waals surface area contributed by atoms with Crippen molar-refractivity contribution in [2.24, 2.45) is 11.6 Å². The Morgan fingerprint density at radius 3 is 2.77 bits per heavy atom. The van der Waals surface area contributed by atoms with Crippen molar-refractivity contribution in [3.05, 3.63) is 30.3 Å². The smallest absolute Gasteiger partial charge is 0.484 e. The van der Waals surface area contributed by atoms with Gasteiger partial charge in [0.25, 0.3) is 5.91 Å². The summed E-state index contributed by atoms with van der Waals surface area (Å²) in [7, 11) is -2.49. The molecule has 8 nitrogen and oxygen atoms in total. The van der Waals surface area contributed by atoms with Gasteiger partial charge in [-0.1, -0.05) is 18.2 Å². The maximum Gasteiger partial charge on any atom is 0.494 e. The molecule has 1 unspecified atom stereocenters. The molecule has 5 N–H and O–H groups in total. The van der Waals surface area contributed by atoms with E-state index in [4.69, 9.17) is 16.3 Å². The predicted octanol–water partition coefficient (Wildman–Crippen LogP) is 0.0751. The summed E-state index contributed by atoms with van der Waals surface area (Å²) in [6, 6.07) is 8.72. The van der Waals surface area contributed by atoms with Gasteiger partial charge in [0.1, 0.15) is 5.75 Å². The number of carbonyl (C=O) groups excluding carboxylic acids is 2. The van der Waals surface area contributed by atoms with Crippen molar-refractivity contribution in [1.29, 1.82) is 0 Å². The van der Waals surface area contributed by atoms with Crippen molar-refractivity contribution >= 4 is 19.8 Å². The van der Waals surface area contributed by atoms with Crippen LogP contribution in [0.25, 0.3) is 0 Å². The zero-order valence-corrected chi connectivity index (χ0v) is 12.8. The molecule has 0 spiro atoms. The number of nitrogens with zero attached hydrogens (tertiary/aromatic N) is 1. The Bertz CT molecular complexity index is 583. The van der Waals surface area contributed by atoms with Crippen LogP contribution in [-0.2, 0) is 14.2 Å². The van der Waals surface area contributed by atoms with E-state index in [9.17, 15) is 14.2 Å². The maximum absolute atomic E-state index is 12.2. The fourth-order valence-corrected chi connectivity index (χ4v) is 3.23. The molecule has 0 aliphatic carbocycles. The lowest BCUT2D eigenvalue weighted by atomic mass is 10.1. The van der Waals surface area contributed by atoms with E-state index in [0.29, 0.717) is 18.7 Å². The molecule has 0 aromatic heterocycles. The number of nitrogens with two attached hydrogens (primary N) is 2. The van der Waals surface area contributed by atoms with Crippen LogP contribution in [0.5, 0.6) is 5.75 Å². The van der Waals surface area contributed by atoms with E-state index in [1.165, 1.54) is 0 Å². The number of hydrogen-bond acceptors (Lipinski definition) is 6. The molecule has 0 saturated carbocycles. The zero-order valence-electron chi connectivity index (χ0n) is 11.9. The third kappa shape index (κ3) is 3.59. The minimum Gasteiger partial charge on any atom is -0.484 e. The summed E-state index contributed by atoms with van der Waals surface area (Å²) in [6.07, 6.45) is 0.727. The summed E-state index contributed by atoms with van der Waals surface area (Å²) in [4.78, 5) is 23.7. The largest absolute Gasteiger partial charge is 0.494 e. The second kappa shape index (κ2) is 6.83. The first kappa shape index (κ1) is 16.4. The van der Waals surface area contributed by atoms with E-state index in [0.717, 1.165) is 5.01 Å². The van der Waals surface area contributed by atoms with E-state index < -0.39 is 25.0 Å². The molecule has 1 heterocycles. The SMILES string of the molecule is NN1CCC[C@](N)([P+](=O)NC(=O)COc2ccccc2)C1=O. The quantitative estimate of drug-likeness (QED) is 0.399. The van der Waals surface area contributed by atoms with Gasteiger partial charge in [-0.05, 0) is 23.1 Å². The Morgan fingerprint density at radius 1 is 1.41 bits per heavy atom. The van der Waals surface area contributed by atoms with Crippen molar-refractivity contribution in [1.82, 2.24) is 10.1 Å². The highest BCUT2D eigenvalue weighted by Crippen LogP contribution is 2.38. The van der Waals surface area contributed by atoms with Gasteiger partial charge in [-0.25, -0.2) is 5.84 Å². The summed E-state index contributed by atoms with van der Waals surface area (Å²) in [5, 5.41) is 1.50. The molecule has 2 amide bonds. The van der Waals surface area contributed by atoms with E-state index in [-0.39, 0.29) is 13.0 Å². The molecule has 1 fully saturated rings. The number of para-hydroxylation sites is 1. The van der Waals surface area contributed by atoms with Crippen molar-refractivity contribution in [2.45, 2.75) is 18.1 Å². The molecule has 0 bridgehead atoms. The van der Waals surface area contributed by atoms with Crippen LogP contribution >= 0.6 is 7.95 Å². The molecular weight excluding hydrogens is 307 g/mol. The molecule has 1 saturated heterocycles. The molecule has 22 heavy (non-hydrogen) atoms. The van der Waals surface area contributed by atoms with Gasteiger partial charge in [-0.15, -0.1) is 5.09 Å². The van der Waals surface area contributed by atoms with E-state index in [1.807, 2.05) is 6.07 Å². The monoisotopic (exact) mass is 325 g/mol. The van der Waals surface area contributed by atoms with Crippen LogP contribution in [-0.4, -0.2) is 35.3 Å². The van der Waals surface area contributed by atoms with Gasteiger partial charge in [0.2, 0.25) is 0 Å². The number of ether oxygens (including phenoxy) is 1. The van der Waals surface area contributed by atoms with Crippen molar-refractivity contribution in [2.75, 3.05) is 13.2 Å². The fourth-order valence-electron chi connectivity index (χ4n) is 2.08. The summed E-state index contributed by atoms with van der Waals surface area (Å²) >= 11 is 0. The Labute approximate surface area is 128 Å². The zero-order chi connectivity index (χ0) is 16.2. The van der Waals surface area contributed by atoms with Gasteiger partial charge < -0.3 is 4.74 Å². The first-order valence-electron chi connectivity index (χ1n) is 6.74. The average molecular weight is 325 g/mol. The number of amides is 2. The number of rotatable bonds is 5. The Balaban J connectivity index is 1.90. The lowest BCUT2D eigenvalue weighted by Gasteiger charge is -2.28. The number of benzene rings is 1. The summed E-state index contributed by atoms with van der Waals surface area (Å²) in [5.74, 6) is 4.76. The number of piperidine rings is 1. The molecule has 118 valence electrons. The Morgan fingerprint density at radius 2 is 2.09 bits per heavy atom.